The highest BCUT2D eigenvalue weighted by Gasteiger charge is 2.64. The number of amides is 3. The van der Waals surface area contributed by atoms with E-state index in [1.54, 1.807) is 50.2 Å². The van der Waals surface area contributed by atoms with Gasteiger partial charge in [0, 0.05) is 22.7 Å². The number of fused-ring (bicyclic) bond motifs is 2. The summed E-state index contributed by atoms with van der Waals surface area (Å²) in [7, 11) is 0. The minimum Gasteiger partial charge on any atom is -0.283 e. The molecule has 0 unspecified atom stereocenters. The molecular formula is C20H17ClN2O3S. The van der Waals surface area contributed by atoms with E-state index in [1.807, 2.05) is 12.1 Å². The van der Waals surface area contributed by atoms with Gasteiger partial charge < -0.3 is 0 Å². The lowest BCUT2D eigenvalue weighted by molar-refractivity contribution is -0.128. The van der Waals surface area contributed by atoms with Gasteiger partial charge >= 0.3 is 0 Å². The zero-order valence-electron chi connectivity index (χ0n) is 14.8. The molecule has 0 bridgehead atoms. The maximum Gasteiger partial charge on any atom is 0.275 e. The van der Waals surface area contributed by atoms with E-state index in [4.69, 9.17) is 11.6 Å². The number of benzene rings is 2. The molecule has 1 spiro atoms. The van der Waals surface area contributed by atoms with Crippen LogP contribution in [-0.4, -0.2) is 23.0 Å². The molecule has 0 aliphatic carbocycles. The molecule has 1 fully saturated rings. The molecule has 3 amide bonds. The highest BCUT2D eigenvalue weighted by molar-refractivity contribution is 8.03. The first-order chi connectivity index (χ1) is 12.9. The van der Waals surface area contributed by atoms with Crippen molar-refractivity contribution in [2.75, 3.05) is 9.80 Å². The molecular weight excluding hydrogens is 384 g/mol. The Morgan fingerprint density at radius 2 is 1.93 bits per heavy atom. The number of anilines is 2. The molecule has 2 aliphatic rings. The Bertz CT molecular complexity index is 979. The van der Waals surface area contributed by atoms with E-state index in [2.05, 4.69) is 0 Å². The van der Waals surface area contributed by atoms with Crippen LogP contribution >= 0.6 is 23.4 Å². The Labute approximate surface area is 166 Å². The Kier molecular flexibility index (Phi) is 4.28. The third-order valence-corrected chi connectivity index (χ3v) is 6.56. The molecule has 2 atom stereocenters. The molecule has 2 aromatic rings. The summed E-state index contributed by atoms with van der Waals surface area (Å²) in [6.07, 6.45) is 0.196. The van der Waals surface area contributed by atoms with Crippen LogP contribution < -0.4 is 9.80 Å². The van der Waals surface area contributed by atoms with Gasteiger partial charge in [-0.1, -0.05) is 42.8 Å². The van der Waals surface area contributed by atoms with Crippen LogP contribution in [0.5, 0.6) is 0 Å². The van der Waals surface area contributed by atoms with Crippen LogP contribution in [0.4, 0.5) is 11.4 Å². The van der Waals surface area contributed by atoms with E-state index in [0.717, 1.165) is 0 Å². The van der Waals surface area contributed by atoms with Gasteiger partial charge in [0.2, 0.25) is 16.7 Å². The Morgan fingerprint density at radius 1 is 1.19 bits per heavy atom. The van der Waals surface area contributed by atoms with Crippen LogP contribution in [0, 0.1) is 0 Å². The summed E-state index contributed by atoms with van der Waals surface area (Å²) < 4.78 is 0. The van der Waals surface area contributed by atoms with Crippen molar-refractivity contribution in [1.82, 2.24) is 0 Å². The van der Waals surface area contributed by atoms with E-state index in [1.165, 1.54) is 21.6 Å². The Morgan fingerprint density at radius 3 is 2.63 bits per heavy atom. The lowest BCUT2D eigenvalue weighted by Crippen LogP contribution is -2.51. The molecule has 2 aromatic carbocycles. The average molecular weight is 401 g/mol. The van der Waals surface area contributed by atoms with Crippen LogP contribution in [0.25, 0.3) is 0 Å². The van der Waals surface area contributed by atoms with Gasteiger partial charge in [-0.2, -0.15) is 0 Å². The van der Waals surface area contributed by atoms with E-state index in [0.29, 0.717) is 22.0 Å². The summed E-state index contributed by atoms with van der Waals surface area (Å²) in [4.78, 5) is 40.7. The van der Waals surface area contributed by atoms with Gasteiger partial charge in [-0.05, 0) is 31.2 Å². The van der Waals surface area contributed by atoms with Gasteiger partial charge in [0.1, 0.15) is 0 Å². The van der Waals surface area contributed by atoms with Crippen molar-refractivity contribution in [2.45, 2.75) is 30.4 Å². The van der Waals surface area contributed by atoms with Crippen molar-refractivity contribution in [3.8, 4) is 0 Å². The summed E-state index contributed by atoms with van der Waals surface area (Å²) in [5, 5.41) is 0.0397. The summed E-state index contributed by atoms with van der Waals surface area (Å²) in [6.45, 7) is 3.49. The normalized spacial score (nSPS) is 24.0. The van der Waals surface area contributed by atoms with Gasteiger partial charge in [-0.3, -0.25) is 19.3 Å². The summed E-state index contributed by atoms with van der Waals surface area (Å²) in [6, 6.07) is 14.0. The fourth-order valence-electron chi connectivity index (χ4n) is 3.69. The van der Waals surface area contributed by atoms with Crippen molar-refractivity contribution < 1.29 is 14.4 Å². The van der Waals surface area contributed by atoms with E-state index in [-0.39, 0.29) is 18.2 Å². The molecule has 138 valence electrons. The molecule has 5 nitrogen and oxygen atoms in total. The molecule has 2 heterocycles. The second kappa shape index (κ2) is 6.39. The zero-order chi connectivity index (χ0) is 19.3. The molecule has 27 heavy (non-hydrogen) atoms. The summed E-state index contributed by atoms with van der Waals surface area (Å²) in [5.74, 6) is -0.877. The number of hydrogen-bond donors (Lipinski definition) is 0. The smallest absolute Gasteiger partial charge is 0.275 e. The molecule has 0 saturated carbocycles. The molecule has 0 aromatic heterocycles. The van der Waals surface area contributed by atoms with Crippen LogP contribution in [0.3, 0.4) is 0 Å². The molecule has 0 radical (unpaired) electrons. The number of carbonyl (C=O) groups excluding carboxylic acids is 3. The molecule has 0 N–H and O–H groups in total. The highest BCUT2D eigenvalue weighted by Crippen LogP contribution is 2.57. The first kappa shape index (κ1) is 18.1. The minimum atomic E-state index is -1.30. The Hall–Kier alpha value is -2.31. The predicted octanol–water partition coefficient (Wildman–Crippen LogP) is 3.94. The topological polar surface area (TPSA) is 57.7 Å². The van der Waals surface area contributed by atoms with E-state index < -0.39 is 16.0 Å². The van der Waals surface area contributed by atoms with Crippen molar-refractivity contribution in [3.63, 3.8) is 0 Å². The molecule has 1 saturated heterocycles. The number of hydrogen-bond acceptors (Lipinski definition) is 4. The van der Waals surface area contributed by atoms with Crippen LogP contribution in [0.15, 0.2) is 48.5 Å². The number of rotatable bonds is 2. The predicted molar refractivity (Wildman–Crippen MR) is 107 cm³/mol. The van der Waals surface area contributed by atoms with Gasteiger partial charge in [-0.25, -0.2) is 4.90 Å². The quantitative estimate of drug-likeness (QED) is 0.766. The number of halogens is 1. The number of para-hydroxylation sites is 1. The highest BCUT2D eigenvalue weighted by atomic mass is 35.5. The SMILES string of the molecule is CCC(=O)N1C(=O)[C@@]2(S[C@@H](C)C(=O)N2c2cccc(Cl)c2)c2ccccc21. The summed E-state index contributed by atoms with van der Waals surface area (Å²) >= 11 is 7.41. The van der Waals surface area contributed by atoms with Gasteiger partial charge in [0.25, 0.3) is 5.91 Å². The van der Waals surface area contributed by atoms with Crippen LogP contribution in [0.2, 0.25) is 5.02 Å². The van der Waals surface area contributed by atoms with Crippen molar-refractivity contribution in [2.24, 2.45) is 0 Å². The van der Waals surface area contributed by atoms with Gasteiger partial charge in [0.05, 0.1) is 10.9 Å². The third kappa shape index (κ3) is 2.43. The fraction of sp³-hybridized carbons (Fsp3) is 0.250. The maximum absolute atomic E-state index is 13.6. The van der Waals surface area contributed by atoms with E-state index >= 15 is 0 Å². The zero-order valence-corrected chi connectivity index (χ0v) is 16.4. The number of carbonyl (C=O) groups is 3. The number of imide groups is 1. The Balaban J connectivity index is 1.98. The largest absolute Gasteiger partial charge is 0.283 e. The lowest BCUT2D eigenvalue weighted by Gasteiger charge is -2.33. The standard InChI is InChI=1S/C20H17ClN2O3S/c1-3-17(24)22-16-10-5-4-9-15(16)20(19(22)26)23(18(25)12(2)27-20)14-8-6-7-13(21)11-14/h4-12H,3H2,1-2H3/t12-,20-/m0/s1. The first-order valence-corrected chi connectivity index (χ1v) is 9.92. The van der Waals surface area contributed by atoms with Crippen molar-refractivity contribution in [1.29, 1.82) is 0 Å². The number of thioether (sulfide) groups is 1. The van der Waals surface area contributed by atoms with Gasteiger partial charge in [0.15, 0.2) is 0 Å². The monoisotopic (exact) mass is 400 g/mol. The van der Waals surface area contributed by atoms with Crippen LogP contribution in [0.1, 0.15) is 25.8 Å². The maximum atomic E-state index is 13.6. The van der Waals surface area contributed by atoms with Crippen molar-refractivity contribution in [3.05, 3.63) is 59.1 Å². The number of nitrogens with zero attached hydrogens (tertiary/aromatic N) is 2. The molecule has 2 aliphatic heterocycles. The fourth-order valence-corrected chi connectivity index (χ4v) is 5.38. The van der Waals surface area contributed by atoms with Crippen molar-refractivity contribution >= 4 is 52.5 Å². The van der Waals surface area contributed by atoms with Gasteiger partial charge in [-0.15, -0.1) is 11.8 Å². The average Bonchev–Trinajstić information content (AvgIpc) is 3.07. The molecule has 4 rings (SSSR count). The second-order valence-corrected chi connectivity index (χ2v) is 8.43. The molecule has 7 heteroatoms. The van der Waals surface area contributed by atoms with Crippen LogP contribution in [-0.2, 0) is 19.3 Å². The minimum absolute atomic E-state index is 0.184. The third-order valence-electron chi connectivity index (χ3n) is 4.85. The first-order valence-electron chi connectivity index (χ1n) is 8.66. The van der Waals surface area contributed by atoms with E-state index in [9.17, 15) is 14.4 Å². The summed E-state index contributed by atoms with van der Waals surface area (Å²) in [5.41, 5.74) is 1.73. The second-order valence-electron chi connectivity index (χ2n) is 6.46. The lowest BCUT2D eigenvalue weighted by atomic mass is 10.0.